The molecule has 192 valence electrons. The summed E-state index contributed by atoms with van der Waals surface area (Å²) in [6.07, 6.45) is 1.25. The summed E-state index contributed by atoms with van der Waals surface area (Å²) >= 11 is 18.8. The summed E-state index contributed by atoms with van der Waals surface area (Å²) < 4.78 is 31.7. The molecule has 0 aliphatic rings. The van der Waals surface area contributed by atoms with E-state index >= 15 is 0 Å². The lowest BCUT2D eigenvalue weighted by molar-refractivity contribution is -0.140. The van der Waals surface area contributed by atoms with Gasteiger partial charge in [0.2, 0.25) is 21.8 Å². The molecule has 0 aliphatic carbocycles. The summed E-state index contributed by atoms with van der Waals surface area (Å²) in [5.41, 5.74) is 0.538. The van der Waals surface area contributed by atoms with Crippen molar-refractivity contribution < 1.29 is 22.7 Å². The van der Waals surface area contributed by atoms with E-state index in [0.29, 0.717) is 22.2 Å². The molecule has 2 rings (SSSR count). The zero-order valence-electron chi connectivity index (χ0n) is 19.8. The van der Waals surface area contributed by atoms with E-state index in [-0.39, 0.29) is 35.3 Å². The Kier molecular flexibility index (Phi) is 10.5. The summed E-state index contributed by atoms with van der Waals surface area (Å²) in [5, 5.41) is 3.61. The summed E-state index contributed by atoms with van der Waals surface area (Å²) in [5.74, 6) is -0.798. The van der Waals surface area contributed by atoms with Crippen molar-refractivity contribution in [3.63, 3.8) is 0 Å². The Hall–Kier alpha value is -2.20. The number of nitrogens with zero attached hydrogens (tertiary/aromatic N) is 2. The van der Waals surface area contributed by atoms with Crippen LogP contribution in [0.15, 0.2) is 36.4 Å². The van der Waals surface area contributed by atoms with Gasteiger partial charge in [-0.1, -0.05) is 47.8 Å². The largest absolute Gasteiger partial charge is 0.495 e. The summed E-state index contributed by atoms with van der Waals surface area (Å²) in [7, 11) is -2.58. The van der Waals surface area contributed by atoms with Crippen LogP contribution in [0.2, 0.25) is 15.1 Å². The Bertz CT molecular complexity index is 1160. The van der Waals surface area contributed by atoms with Crippen LogP contribution in [-0.4, -0.2) is 57.6 Å². The minimum atomic E-state index is -3.95. The molecule has 1 atom stereocenters. The van der Waals surface area contributed by atoms with Crippen molar-refractivity contribution in [1.29, 1.82) is 0 Å². The fourth-order valence-electron chi connectivity index (χ4n) is 3.52. The molecule has 0 saturated carbocycles. The first-order valence-corrected chi connectivity index (χ1v) is 13.7. The summed E-state index contributed by atoms with van der Waals surface area (Å²) in [6.45, 7) is 3.17. The van der Waals surface area contributed by atoms with E-state index in [0.717, 1.165) is 10.6 Å². The lowest BCUT2D eigenvalue weighted by Gasteiger charge is -2.33. The number of halogens is 3. The van der Waals surface area contributed by atoms with Crippen molar-refractivity contribution in [2.24, 2.45) is 0 Å². The van der Waals surface area contributed by atoms with E-state index in [2.05, 4.69) is 5.32 Å². The lowest BCUT2D eigenvalue weighted by atomic mass is 10.1. The molecule has 1 N–H and O–H groups in total. The second kappa shape index (κ2) is 12.7. The Morgan fingerprint density at radius 1 is 1.09 bits per heavy atom. The molecule has 2 amide bonds. The van der Waals surface area contributed by atoms with Crippen LogP contribution in [-0.2, 0) is 26.2 Å². The number of carbonyl (C=O) groups is 2. The van der Waals surface area contributed by atoms with E-state index in [1.165, 1.54) is 24.1 Å². The Labute approximate surface area is 221 Å². The van der Waals surface area contributed by atoms with Gasteiger partial charge in [-0.15, -0.1) is 0 Å². The number of amides is 2. The molecule has 0 aliphatic heterocycles. The van der Waals surface area contributed by atoms with Gasteiger partial charge in [0.15, 0.2) is 0 Å². The quantitative estimate of drug-likeness (QED) is 0.437. The minimum absolute atomic E-state index is 0.0950. The van der Waals surface area contributed by atoms with Crippen molar-refractivity contribution >= 4 is 62.3 Å². The molecule has 0 heterocycles. The maximum atomic E-state index is 13.7. The van der Waals surface area contributed by atoms with Crippen LogP contribution in [0.25, 0.3) is 0 Å². The number of rotatable bonds is 11. The minimum Gasteiger partial charge on any atom is -0.495 e. The van der Waals surface area contributed by atoms with Crippen LogP contribution < -0.4 is 14.4 Å². The number of sulfonamides is 1. The van der Waals surface area contributed by atoms with E-state index in [1.54, 1.807) is 38.1 Å². The number of methoxy groups -OCH3 is 1. The topological polar surface area (TPSA) is 96.0 Å². The fourth-order valence-corrected chi connectivity index (χ4v) is 5.05. The van der Waals surface area contributed by atoms with Crippen molar-refractivity contribution in [3.8, 4) is 5.75 Å². The molecule has 0 saturated heterocycles. The Morgan fingerprint density at radius 3 is 2.23 bits per heavy atom. The zero-order chi connectivity index (χ0) is 26.3. The normalized spacial score (nSPS) is 12.1. The van der Waals surface area contributed by atoms with Crippen molar-refractivity contribution in [1.82, 2.24) is 10.2 Å². The van der Waals surface area contributed by atoms with Gasteiger partial charge in [0.1, 0.15) is 18.3 Å². The predicted molar refractivity (Wildman–Crippen MR) is 140 cm³/mol. The van der Waals surface area contributed by atoms with Gasteiger partial charge in [-0.05, 0) is 43.7 Å². The van der Waals surface area contributed by atoms with Crippen molar-refractivity contribution in [3.05, 3.63) is 57.0 Å². The first-order valence-electron chi connectivity index (χ1n) is 10.8. The van der Waals surface area contributed by atoms with Crippen molar-refractivity contribution in [2.45, 2.75) is 32.9 Å². The van der Waals surface area contributed by atoms with Crippen LogP contribution in [0.4, 0.5) is 5.69 Å². The van der Waals surface area contributed by atoms with E-state index in [9.17, 15) is 18.0 Å². The molecule has 0 bridgehead atoms. The molecule has 0 spiro atoms. The third-order valence-corrected chi connectivity index (χ3v) is 7.29. The first-order chi connectivity index (χ1) is 16.4. The van der Waals surface area contributed by atoms with Crippen LogP contribution in [0.1, 0.15) is 25.8 Å². The maximum absolute atomic E-state index is 13.7. The molecule has 2 aromatic carbocycles. The van der Waals surface area contributed by atoms with E-state index in [4.69, 9.17) is 39.5 Å². The number of nitrogens with one attached hydrogen (secondary N) is 1. The van der Waals surface area contributed by atoms with Crippen LogP contribution in [0, 0.1) is 0 Å². The van der Waals surface area contributed by atoms with Gasteiger partial charge < -0.3 is 15.0 Å². The number of likely N-dealkylation sites (N-methyl/N-ethyl adjacent to an activating group) is 1. The third kappa shape index (κ3) is 7.39. The molecule has 12 heteroatoms. The fraction of sp³-hybridized carbons (Fsp3) is 0.391. The number of hydrogen-bond acceptors (Lipinski definition) is 5. The SMILES string of the molecule is CCNC(=O)[C@@H](CC)N(Cc1c(Cl)cccc1Cl)C(=O)CN(c1cc(Cl)ccc1OC)S(C)(=O)=O. The van der Waals surface area contributed by atoms with Gasteiger partial charge in [-0.25, -0.2) is 8.42 Å². The van der Waals surface area contributed by atoms with E-state index in [1.807, 2.05) is 0 Å². The van der Waals surface area contributed by atoms with Crippen LogP contribution >= 0.6 is 34.8 Å². The van der Waals surface area contributed by atoms with Crippen molar-refractivity contribution in [2.75, 3.05) is 30.8 Å². The molecule has 0 aromatic heterocycles. The standard InChI is InChI=1S/C23H28Cl3N3O5S/c1-5-19(23(31)27-6-2)28(13-16-17(25)8-7-9-18(16)26)22(30)14-29(35(4,32)33)20-12-15(24)10-11-21(20)34-3/h7-12,19H,5-6,13-14H2,1-4H3,(H,27,31)/t19-/m1/s1. The highest BCUT2D eigenvalue weighted by Gasteiger charge is 2.33. The summed E-state index contributed by atoms with van der Waals surface area (Å²) in [4.78, 5) is 27.8. The van der Waals surface area contributed by atoms with Gasteiger partial charge in [0.05, 0.1) is 19.1 Å². The number of carbonyl (C=O) groups excluding carboxylic acids is 2. The molecular weight excluding hydrogens is 537 g/mol. The average molecular weight is 565 g/mol. The van der Waals surface area contributed by atoms with Crippen LogP contribution in [0.5, 0.6) is 5.75 Å². The second-order valence-corrected chi connectivity index (χ2v) is 10.8. The maximum Gasteiger partial charge on any atom is 0.244 e. The molecule has 0 radical (unpaired) electrons. The molecule has 8 nitrogen and oxygen atoms in total. The number of anilines is 1. The number of hydrogen-bond donors (Lipinski definition) is 1. The Morgan fingerprint density at radius 2 is 1.71 bits per heavy atom. The third-order valence-electron chi connectivity index (χ3n) is 5.22. The number of benzene rings is 2. The van der Waals surface area contributed by atoms with E-state index < -0.39 is 28.5 Å². The highest BCUT2D eigenvalue weighted by Crippen LogP contribution is 2.33. The Balaban J connectivity index is 2.56. The molecule has 0 unspecified atom stereocenters. The first kappa shape index (κ1) is 29.0. The predicted octanol–water partition coefficient (Wildman–Crippen LogP) is 4.36. The number of ether oxygens (including phenoxy) is 1. The van der Waals surface area contributed by atoms with Gasteiger partial charge in [-0.3, -0.25) is 13.9 Å². The average Bonchev–Trinajstić information content (AvgIpc) is 2.78. The molecule has 2 aromatic rings. The second-order valence-electron chi connectivity index (χ2n) is 7.63. The van der Waals surface area contributed by atoms with Gasteiger partial charge in [-0.2, -0.15) is 0 Å². The lowest BCUT2D eigenvalue weighted by Crippen LogP contribution is -2.52. The van der Waals surface area contributed by atoms with Gasteiger partial charge >= 0.3 is 0 Å². The highest BCUT2D eigenvalue weighted by molar-refractivity contribution is 7.92. The van der Waals surface area contributed by atoms with Gasteiger partial charge in [0.25, 0.3) is 0 Å². The monoisotopic (exact) mass is 563 g/mol. The zero-order valence-corrected chi connectivity index (χ0v) is 22.9. The molecule has 0 fully saturated rings. The molecular formula is C23H28Cl3N3O5S. The smallest absolute Gasteiger partial charge is 0.244 e. The van der Waals surface area contributed by atoms with Crippen LogP contribution in [0.3, 0.4) is 0 Å². The molecule has 35 heavy (non-hydrogen) atoms. The summed E-state index contributed by atoms with van der Waals surface area (Å²) in [6, 6.07) is 8.46. The van der Waals surface area contributed by atoms with Gasteiger partial charge in [0, 0.05) is 33.7 Å². The highest BCUT2D eigenvalue weighted by atomic mass is 35.5.